The van der Waals surface area contributed by atoms with E-state index in [1.807, 2.05) is 0 Å². The van der Waals surface area contributed by atoms with Gasteiger partial charge in [-0.25, -0.2) is 4.98 Å². The van der Waals surface area contributed by atoms with Gasteiger partial charge in [-0.1, -0.05) is 37.3 Å². The lowest BCUT2D eigenvalue weighted by molar-refractivity contribution is 0.497. The van der Waals surface area contributed by atoms with E-state index in [0.717, 1.165) is 30.8 Å². The minimum absolute atomic E-state index is 0.408. The van der Waals surface area contributed by atoms with Crippen LogP contribution in [0.4, 0.5) is 0 Å². The summed E-state index contributed by atoms with van der Waals surface area (Å²) in [7, 11) is 0. The number of aryl methyl sites for hydroxylation is 1. The molecule has 3 nitrogen and oxygen atoms in total. The number of nitrogens with zero attached hydrogens (tertiary/aromatic N) is 2. The molecule has 4 heteroatoms. The molecular weight excluding hydrogens is 278 g/mol. The molecule has 3 aromatic rings. The number of thiazole rings is 1. The number of benzene rings is 1. The summed E-state index contributed by atoms with van der Waals surface area (Å²) in [5.41, 5.74) is 2.55. The Balaban J connectivity index is 1.67. The van der Waals surface area contributed by atoms with Crippen LogP contribution in [-0.2, 0) is 6.42 Å². The van der Waals surface area contributed by atoms with Crippen LogP contribution in [0.1, 0.15) is 37.1 Å². The smallest absolute Gasteiger partial charge is 0.193 e. The maximum Gasteiger partial charge on any atom is 0.193 e. The first-order chi connectivity index (χ1) is 10.4. The summed E-state index contributed by atoms with van der Waals surface area (Å²) in [6, 6.07) is 11.1. The molecule has 2 aromatic heterocycles. The van der Waals surface area contributed by atoms with E-state index >= 15 is 0 Å². The molecule has 0 aliphatic carbocycles. The number of fused-ring (bicyclic) bond motifs is 1. The second-order valence-corrected chi connectivity index (χ2v) is 6.15. The molecule has 1 unspecified atom stereocenters. The van der Waals surface area contributed by atoms with Gasteiger partial charge in [-0.3, -0.25) is 4.40 Å². The standard InChI is InChI=1S/C17H21N3S/c1-2-10-18-16(14-6-4-3-5-7-14)9-8-15-13-20-11-12-21-17(20)19-15/h3-7,11-13,16,18H,2,8-10H2,1H3. The molecule has 0 saturated carbocycles. The normalized spacial score (nSPS) is 12.8. The minimum atomic E-state index is 0.408. The number of nitrogens with one attached hydrogen (secondary N) is 1. The van der Waals surface area contributed by atoms with E-state index < -0.39 is 0 Å². The number of hydrogen-bond acceptors (Lipinski definition) is 3. The highest BCUT2D eigenvalue weighted by atomic mass is 32.1. The number of rotatable bonds is 7. The van der Waals surface area contributed by atoms with Gasteiger partial charge in [-0.15, -0.1) is 11.3 Å². The first kappa shape index (κ1) is 14.3. The third-order valence-corrected chi connectivity index (χ3v) is 4.45. The molecule has 0 radical (unpaired) electrons. The van der Waals surface area contributed by atoms with Crippen molar-refractivity contribution in [3.8, 4) is 0 Å². The Bertz CT molecular complexity index is 643. The van der Waals surface area contributed by atoms with Gasteiger partial charge in [0.15, 0.2) is 4.96 Å². The van der Waals surface area contributed by atoms with E-state index in [2.05, 4.69) is 69.7 Å². The van der Waals surface area contributed by atoms with Gasteiger partial charge < -0.3 is 5.32 Å². The molecule has 110 valence electrons. The molecule has 0 saturated heterocycles. The summed E-state index contributed by atoms with van der Waals surface area (Å²) in [5, 5.41) is 5.72. The molecule has 0 aliphatic heterocycles. The fraction of sp³-hybridized carbons (Fsp3) is 0.353. The van der Waals surface area contributed by atoms with Crippen LogP contribution in [0.3, 0.4) is 0 Å². The van der Waals surface area contributed by atoms with E-state index in [1.165, 1.54) is 11.3 Å². The van der Waals surface area contributed by atoms with Crippen molar-refractivity contribution >= 4 is 16.3 Å². The van der Waals surface area contributed by atoms with Gasteiger partial charge in [-0.2, -0.15) is 0 Å². The average Bonchev–Trinajstić information content (AvgIpc) is 3.09. The van der Waals surface area contributed by atoms with Crippen molar-refractivity contribution in [1.82, 2.24) is 14.7 Å². The highest BCUT2D eigenvalue weighted by Crippen LogP contribution is 2.20. The summed E-state index contributed by atoms with van der Waals surface area (Å²) in [5.74, 6) is 0. The quantitative estimate of drug-likeness (QED) is 0.712. The van der Waals surface area contributed by atoms with Crippen molar-refractivity contribution in [3.05, 3.63) is 59.4 Å². The lowest BCUT2D eigenvalue weighted by Gasteiger charge is -2.18. The summed E-state index contributed by atoms with van der Waals surface area (Å²) >= 11 is 1.69. The Morgan fingerprint density at radius 2 is 2.14 bits per heavy atom. The molecule has 2 heterocycles. The molecule has 21 heavy (non-hydrogen) atoms. The van der Waals surface area contributed by atoms with Crippen molar-refractivity contribution in [1.29, 1.82) is 0 Å². The lowest BCUT2D eigenvalue weighted by Crippen LogP contribution is -2.22. The number of aromatic nitrogens is 2. The van der Waals surface area contributed by atoms with E-state index in [9.17, 15) is 0 Å². The summed E-state index contributed by atoms with van der Waals surface area (Å²) in [4.78, 5) is 5.76. The third-order valence-electron chi connectivity index (χ3n) is 3.67. The van der Waals surface area contributed by atoms with Gasteiger partial charge in [0, 0.05) is 23.8 Å². The van der Waals surface area contributed by atoms with Crippen molar-refractivity contribution in [3.63, 3.8) is 0 Å². The fourth-order valence-electron chi connectivity index (χ4n) is 2.58. The van der Waals surface area contributed by atoms with Crippen LogP contribution >= 0.6 is 11.3 Å². The Morgan fingerprint density at radius 3 is 2.90 bits per heavy atom. The molecule has 0 bridgehead atoms. The molecule has 0 amide bonds. The topological polar surface area (TPSA) is 29.3 Å². The van der Waals surface area contributed by atoms with Gasteiger partial charge in [0.1, 0.15) is 0 Å². The molecule has 0 spiro atoms. The highest BCUT2D eigenvalue weighted by Gasteiger charge is 2.11. The monoisotopic (exact) mass is 299 g/mol. The first-order valence-electron chi connectivity index (χ1n) is 7.56. The molecular formula is C17H21N3S. The van der Waals surface area contributed by atoms with Gasteiger partial charge in [0.25, 0.3) is 0 Å². The summed E-state index contributed by atoms with van der Waals surface area (Å²) in [6.07, 6.45) is 7.46. The van der Waals surface area contributed by atoms with E-state index in [4.69, 9.17) is 0 Å². The van der Waals surface area contributed by atoms with Gasteiger partial charge in [-0.05, 0) is 31.4 Å². The zero-order valence-electron chi connectivity index (χ0n) is 12.3. The third kappa shape index (κ3) is 3.52. The van der Waals surface area contributed by atoms with Crippen LogP contribution in [0, 0.1) is 0 Å². The van der Waals surface area contributed by atoms with Crippen molar-refractivity contribution in [2.24, 2.45) is 0 Å². The predicted octanol–water partition coefficient (Wildman–Crippen LogP) is 4.07. The van der Waals surface area contributed by atoms with Crippen LogP contribution in [0.2, 0.25) is 0 Å². The predicted molar refractivity (Wildman–Crippen MR) is 88.9 cm³/mol. The molecule has 0 fully saturated rings. The molecule has 1 atom stereocenters. The Hall–Kier alpha value is -1.65. The van der Waals surface area contributed by atoms with E-state index in [0.29, 0.717) is 6.04 Å². The minimum Gasteiger partial charge on any atom is -0.310 e. The Morgan fingerprint density at radius 1 is 1.29 bits per heavy atom. The SMILES string of the molecule is CCCNC(CCc1cn2ccsc2n1)c1ccccc1. The fourth-order valence-corrected chi connectivity index (χ4v) is 3.30. The van der Waals surface area contributed by atoms with Gasteiger partial charge >= 0.3 is 0 Å². The zero-order chi connectivity index (χ0) is 14.5. The summed E-state index contributed by atoms with van der Waals surface area (Å²) in [6.45, 7) is 3.26. The van der Waals surface area contributed by atoms with Crippen molar-refractivity contribution < 1.29 is 0 Å². The van der Waals surface area contributed by atoms with Crippen LogP contribution in [0.25, 0.3) is 4.96 Å². The Labute approximate surface area is 129 Å². The summed E-state index contributed by atoms with van der Waals surface area (Å²) < 4.78 is 2.11. The van der Waals surface area contributed by atoms with Gasteiger partial charge in [0.2, 0.25) is 0 Å². The number of imidazole rings is 1. The van der Waals surface area contributed by atoms with Crippen LogP contribution < -0.4 is 5.32 Å². The largest absolute Gasteiger partial charge is 0.310 e. The van der Waals surface area contributed by atoms with Crippen molar-refractivity contribution in [2.45, 2.75) is 32.2 Å². The van der Waals surface area contributed by atoms with Crippen LogP contribution in [0.15, 0.2) is 48.1 Å². The first-order valence-corrected chi connectivity index (χ1v) is 8.44. The van der Waals surface area contributed by atoms with Gasteiger partial charge in [0.05, 0.1) is 5.69 Å². The average molecular weight is 299 g/mol. The van der Waals surface area contributed by atoms with Crippen LogP contribution in [-0.4, -0.2) is 15.9 Å². The highest BCUT2D eigenvalue weighted by molar-refractivity contribution is 7.15. The van der Waals surface area contributed by atoms with Crippen LogP contribution in [0.5, 0.6) is 0 Å². The maximum absolute atomic E-state index is 4.67. The second kappa shape index (κ2) is 6.87. The molecule has 3 rings (SSSR count). The Kier molecular flexibility index (Phi) is 4.68. The second-order valence-electron chi connectivity index (χ2n) is 5.28. The zero-order valence-corrected chi connectivity index (χ0v) is 13.1. The van der Waals surface area contributed by atoms with E-state index in [-0.39, 0.29) is 0 Å². The molecule has 1 N–H and O–H groups in total. The number of hydrogen-bond donors (Lipinski definition) is 1. The van der Waals surface area contributed by atoms with E-state index in [1.54, 1.807) is 11.3 Å². The molecule has 0 aliphatic rings. The van der Waals surface area contributed by atoms with Crippen molar-refractivity contribution in [2.75, 3.05) is 6.54 Å². The maximum atomic E-state index is 4.67. The lowest BCUT2D eigenvalue weighted by atomic mass is 10.0. The molecule has 1 aromatic carbocycles.